The number of hydrogen-bond acceptors (Lipinski definition) is 4. The van der Waals surface area contributed by atoms with Crippen molar-refractivity contribution in [2.75, 3.05) is 16.8 Å². The summed E-state index contributed by atoms with van der Waals surface area (Å²) < 4.78 is 4.90. The van der Waals surface area contributed by atoms with Gasteiger partial charge in [0.15, 0.2) is 5.82 Å². The van der Waals surface area contributed by atoms with Crippen LogP contribution in [0.5, 0.6) is 0 Å². The lowest BCUT2D eigenvalue weighted by Gasteiger charge is -2.23. The molecule has 0 saturated carbocycles. The third kappa shape index (κ3) is 4.42. The van der Waals surface area contributed by atoms with Crippen molar-refractivity contribution in [1.82, 2.24) is 5.16 Å². The van der Waals surface area contributed by atoms with E-state index in [9.17, 15) is 9.59 Å². The number of benzene rings is 1. The molecule has 0 aliphatic rings. The molecule has 2 aromatic rings. The molecule has 0 fully saturated rings. The number of aromatic nitrogens is 1. The van der Waals surface area contributed by atoms with E-state index in [4.69, 9.17) is 4.52 Å². The third-order valence-electron chi connectivity index (χ3n) is 3.48. The molecule has 2 amide bonds. The van der Waals surface area contributed by atoms with Crippen LogP contribution in [0.1, 0.15) is 30.2 Å². The van der Waals surface area contributed by atoms with Crippen molar-refractivity contribution in [3.63, 3.8) is 0 Å². The maximum absolute atomic E-state index is 12.0. The van der Waals surface area contributed by atoms with E-state index in [-0.39, 0.29) is 18.2 Å². The molecular weight excluding hydrogens is 294 g/mol. The number of rotatable bonds is 5. The number of carbonyl (C=O) groups excluding carboxylic acids is 2. The Labute approximate surface area is 135 Å². The number of nitrogens with one attached hydrogen (secondary N) is 1. The van der Waals surface area contributed by atoms with Crippen LogP contribution >= 0.6 is 0 Å². The molecule has 0 aliphatic heterocycles. The summed E-state index contributed by atoms with van der Waals surface area (Å²) in [4.78, 5) is 25.5. The smallest absolute Gasteiger partial charge is 0.227 e. The van der Waals surface area contributed by atoms with Crippen LogP contribution in [0, 0.1) is 20.8 Å². The fraction of sp³-hybridized carbons (Fsp3) is 0.353. The minimum Gasteiger partial charge on any atom is -0.360 e. The highest BCUT2D eigenvalue weighted by Gasteiger charge is 2.16. The van der Waals surface area contributed by atoms with Gasteiger partial charge in [0.05, 0.1) is 0 Å². The molecule has 0 spiro atoms. The SMILES string of the molecule is CC(=O)N(CCC(=O)Nc1cc(C)on1)c1ccc(C)cc1C. The van der Waals surface area contributed by atoms with E-state index in [2.05, 4.69) is 10.5 Å². The van der Waals surface area contributed by atoms with Gasteiger partial charge in [0.1, 0.15) is 5.76 Å². The Hall–Kier alpha value is -2.63. The first kappa shape index (κ1) is 16.7. The zero-order valence-electron chi connectivity index (χ0n) is 13.8. The van der Waals surface area contributed by atoms with E-state index in [1.165, 1.54) is 6.92 Å². The van der Waals surface area contributed by atoms with Gasteiger partial charge in [-0.2, -0.15) is 0 Å². The van der Waals surface area contributed by atoms with E-state index in [0.29, 0.717) is 18.1 Å². The van der Waals surface area contributed by atoms with Crippen LogP contribution in [-0.2, 0) is 9.59 Å². The molecule has 1 aromatic heterocycles. The lowest BCUT2D eigenvalue weighted by Crippen LogP contribution is -2.32. The van der Waals surface area contributed by atoms with Crippen molar-refractivity contribution < 1.29 is 14.1 Å². The highest BCUT2D eigenvalue weighted by Crippen LogP contribution is 2.21. The number of hydrogen-bond donors (Lipinski definition) is 1. The molecular formula is C17H21N3O3. The molecule has 0 saturated heterocycles. The Balaban J connectivity index is 2.02. The van der Waals surface area contributed by atoms with Gasteiger partial charge in [0, 0.05) is 31.6 Å². The molecule has 0 bridgehead atoms. The predicted molar refractivity (Wildman–Crippen MR) is 88.4 cm³/mol. The van der Waals surface area contributed by atoms with Crippen molar-refractivity contribution in [1.29, 1.82) is 0 Å². The van der Waals surface area contributed by atoms with Crippen LogP contribution in [0.15, 0.2) is 28.8 Å². The molecule has 0 aliphatic carbocycles. The van der Waals surface area contributed by atoms with E-state index in [1.807, 2.05) is 32.0 Å². The van der Waals surface area contributed by atoms with E-state index < -0.39 is 0 Å². The number of aryl methyl sites for hydroxylation is 3. The minimum atomic E-state index is -0.214. The summed E-state index contributed by atoms with van der Waals surface area (Å²) in [5.74, 6) is 0.700. The highest BCUT2D eigenvalue weighted by molar-refractivity contribution is 5.95. The second-order valence-corrected chi connectivity index (χ2v) is 5.58. The fourth-order valence-electron chi connectivity index (χ4n) is 2.40. The normalized spacial score (nSPS) is 10.4. The molecule has 2 rings (SSSR count). The quantitative estimate of drug-likeness (QED) is 0.920. The maximum Gasteiger partial charge on any atom is 0.227 e. The lowest BCUT2D eigenvalue weighted by atomic mass is 10.1. The molecule has 122 valence electrons. The topological polar surface area (TPSA) is 75.4 Å². The largest absolute Gasteiger partial charge is 0.360 e. The average molecular weight is 315 g/mol. The van der Waals surface area contributed by atoms with Crippen molar-refractivity contribution in [3.05, 3.63) is 41.2 Å². The van der Waals surface area contributed by atoms with Gasteiger partial charge in [-0.3, -0.25) is 9.59 Å². The van der Waals surface area contributed by atoms with Gasteiger partial charge in [0.2, 0.25) is 11.8 Å². The highest BCUT2D eigenvalue weighted by atomic mass is 16.5. The average Bonchev–Trinajstić information content (AvgIpc) is 2.86. The van der Waals surface area contributed by atoms with Gasteiger partial charge >= 0.3 is 0 Å². The first-order chi connectivity index (χ1) is 10.9. The van der Waals surface area contributed by atoms with Gasteiger partial charge < -0.3 is 14.7 Å². The summed E-state index contributed by atoms with van der Waals surface area (Å²) in [6.45, 7) is 7.51. The van der Waals surface area contributed by atoms with Gasteiger partial charge in [-0.15, -0.1) is 0 Å². The first-order valence-corrected chi connectivity index (χ1v) is 7.45. The second kappa shape index (κ2) is 7.09. The molecule has 6 nitrogen and oxygen atoms in total. The third-order valence-corrected chi connectivity index (χ3v) is 3.48. The number of nitrogens with zero attached hydrogens (tertiary/aromatic N) is 2. The predicted octanol–water partition coefficient (Wildman–Crippen LogP) is 2.98. The summed E-state index contributed by atoms with van der Waals surface area (Å²) in [5, 5.41) is 6.36. The molecule has 23 heavy (non-hydrogen) atoms. The molecule has 1 heterocycles. The Morgan fingerprint density at radius 2 is 1.96 bits per heavy atom. The van der Waals surface area contributed by atoms with Crippen molar-refractivity contribution in [2.45, 2.75) is 34.1 Å². The van der Waals surface area contributed by atoms with Gasteiger partial charge in [0.25, 0.3) is 0 Å². The summed E-state index contributed by atoms with van der Waals surface area (Å²) in [5.41, 5.74) is 2.97. The van der Waals surface area contributed by atoms with Crippen LogP contribution in [0.3, 0.4) is 0 Å². The van der Waals surface area contributed by atoms with Gasteiger partial charge in [-0.05, 0) is 32.4 Å². The Morgan fingerprint density at radius 3 is 2.52 bits per heavy atom. The number of anilines is 2. The van der Waals surface area contributed by atoms with Crippen LogP contribution in [0.25, 0.3) is 0 Å². The summed E-state index contributed by atoms with van der Waals surface area (Å²) in [6, 6.07) is 7.52. The minimum absolute atomic E-state index is 0.0953. The molecule has 1 aromatic carbocycles. The molecule has 1 N–H and O–H groups in total. The standard InChI is InChI=1S/C17H21N3O3/c1-11-5-6-15(12(2)9-11)20(14(4)21)8-7-17(22)18-16-10-13(3)23-19-16/h5-6,9-10H,7-8H2,1-4H3,(H,18,19,22). The number of amides is 2. The van der Waals surface area contributed by atoms with Crippen molar-refractivity contribution in [3.8, 4) is 0 Å². The van der Waals surface area contributed by atoms with Crippen LogP contribution in [0.4, 0.5) is 11.5 Å². The first-order valence-electron chi connectivity index (χ1n) is 7.45. The Kier molecular flexibility index (Phi) is 5.16. The molecule has 6 heteroatoms. The lowest BCUT2D eigenvalue weighted by molar-refractivity contribution is -0.117. The summed E-state index contributed by atoms with van der Waals surface area (Å²) >= 11 is 0. The monoisotopic (exact) mass is 315 g/mol. The fourth-order valence-corrected chi connectivity index (χ4v) is 2.40. The number of carbonyl (C=O) groups is 2. The van der Waals surface area contributed by atoms with E-state index in [1.54, 1.807) is 17.9 Å². The zero-order chi connectivity index (χ0) is 17.0. The zero-order valence-corrected chi connectivity index (χ0v) is 13.8. The van der Waals surface area contributed by atoms with E-state index >= 15 is 0 Å². The van der Waals surface area contributed by atoms with Crippen molar-refractivity contribution >= 4 is 23.3 Å². The maximum atomic E-state index is 12.0. The Bertz CT molecular complexity index is 722. The van der Waals surface area contributed by atoms with Gasteiger partial charge in [-0.25, -0.2) is 0 Å². The van der Waals surface area contributed by atoms with Crippen LogP contribution < -0.4 is 10.2 Å². The van der Waals surface area contributed by atoms with Crippen LogP contribution in [-0.4, -0.2) is 23.5 Å². The van der Waals surface area contributed by atoms with Gasteiger partial charge in [-0.1, -0.05) is 22.9 Å². The second-order valence-electron chi connectivity index (χ2n) is 5.58. The molecule has 0 atom stereocenters. The molecule has 0 radical (unpaired) electrons. The summed E-state index contributed by atoms with van der Waals surface area (Å²) in [7, 11) is 0. The van der Waals surface area contributed by atoms with Crippen molar-refractivity contribution in [2.24, 2.45) is 0 Å². The summed E-state index contributed by atoms with van der Waals surface area (Å²) in [6.07, 6.45) is 0.179. The Morgan fingerprint density at radius 1 is 1.22 bits per heavy atom. The van der Waals surface area contributed by atoms with E-state index in [0.717, 1.165) is 16.8 Å². The molecule has 0 unspecified atom stereocenters. The van der Waals surface area contributed by atoms with Crippen LogP contribution in [0.2, 0.25) is 0 Å².